The number of halogens is 1. The van der Waals surface area contributed by atoms with Crippen molar-refractivity contribution in [3.8, 4) is 0 Å². The molecule has 1 aliphatic rings. The fourth-order valence-corrected chi connectivity index (χ4v) is 2.59. The van der Waals surface area contributed by atoms with Gasteiger partial charge in [-0.1, -0.05) is 0 Å². The molecule has 0 saturated heterocycles. The van der Waals surface area contributed by atoms with E-state index in [2.05, 4.69) is 31.2 Å². The Labute approximate surface area is 114 Å². The number of aromatic nitrogens is 2. The van der Waals surface area contributed by atoms with Gasteiger partial charge in [0.2, 0.25) is 0 Å². The van der Waals surface area contributed by atoms with Crippen LogP contribution in [-0.2, 0) is 0 Å². The van der Waals surface area contributed by atoms with Crippen molar-refractivity contribution in [2.45, 2.75) is 18.9 Å². The van der Waals surface area contributed by atoms with Crippen LogP contribution in [0.1, 0.15) is 12.8 Å². The minimum Gasteiger partial charge on any atom is -0.393 e. The second kappa shape index (κ2) is 4.82. The van der Waals surface area contributed by atoms with Crippen molar-refractivity contribution in [1.29, 1.82) is 0 Å². The average Bonchev–Trinajstić information content (AvgIpc) is 2.32. The molecule has 0 aromatic carbocycles. The Kier molecular flexibility index (Phi) is 3.18. The third-order valence-corrected chi connectivity index (χ3v) is 3.77. The molecule has 0 bridgehead atoms. The number of hydrogen-bond acceptors (Lipinski definition) is 4. The summed E-state index contributed by atoms with van der Waals surface area (Å²) in [6.07, 6.45) is 5.26. The third-order valence-electron chi connectivity index (χ3n) is 3.34. The molecule has 3 rings (SSSR count). The highest BCUT2D eigenvalue weighted by Gasteiger charge is 2.26. The fraction of sp³-hybridized carbons (Fsp3) is 0.385. The van der Waals surface area contributed by atoms with Gasteiger partial charge in [0.25, 0.3) is 0 Å². The highest BCUT2D eigenvalue weighted by atomic mass is 79.9. The summed E-state index contributed by atoms with van der Waals surface area (Å²) in [4.78, 5) is 8.70. The van der Waals surface area contributed by atoms with Crippen molar-refractivity contribution in [3.05, 3.63) is 29.0 Å². The number of fused-ring (bicyclic) bond motifs is 1. The summed E-state index contributed by atoms with van der Waals surface area (Å²) >= 11 is 3.40. The van der Waals surface area contributed by atoms with Crippen molar-refractivity contribution in [1.82, 2.24) is 9.97 Å². The fourth-order valence-electron chi connectivity index (χ4n) is 2.27. The van der Waals surface area contributed by atoms with Gasteiger partial charge in [-0.2, -0.15) is 0 Å². The van der Waals surface area contributed by atoms with E-state index in [9.17, 15) is 5.11 Å². The van der Waals surface area contributed by atoms with Gasteiger partial charge >= 0.3 is 0 Å². The summed E-state index contributed by atoms with van der Waals surface area (Å²) in [5, 5.41) is 12.7. The van der Waals surface area contributed by atoms with Crippen LogP contribution in [0, 0.1) is 5.92 Å². The summed E-state index contributed by atoms with van der Waals surface area (Å²) in [6, 6.07) is 3.90. The second-order valence-corrected chi connectivity index (χ2v) is 5.67. The summed E-state index contributed by atoms with van der Waals surface area (Å²) < 4.78 is 0.932. The number of anilines is 1. The quantitative estimate of drug-likeness (QED) is 0.915. The van der Waals surface area contributed by atoms with Crippen LogP contribution in [0.5, 0.6) is 0 Å². The lowest BCUT2D eigenvalue weighted by molar-refractivity contribution is 0.0487. The van der Waals surface area contributed by atoms with Gasteiger partial charge in [0.15, 0.2) is 0 Å². The van der Waals surface area contributed by atoms with E-state index < -0.39 is 0 Å². The molecule has 2 aromatic rings. The molecule has 4 nitrogen and oxygen atoms in total. The van der Waals surface area contributed by atoms with Crippen molar-refractivity contribution >= 4 is 32.7 Å². The zero-order valence-electron chi connectivity index (χ0n) is 9.81. The molecule has 1 aliphatic carbocycles. The molecule has 0 spiro atoms. The van der Waals surface area contributed by atoms with Crippen molar-refractivity contribution in [2.24, 2.45) is 5.92 Å². The van der Waals surface area contributed by atoms with Gasteiger partial charge in [-0.3, -0.25) is 9.97 Å². The van der Waals surface area contributed by atoms with Crippen molar-refractivity contribution in [2.75, 3.05) is 11.9 Å². The molecule has 2 heterocycles. The normalized spacial score (nSPS) is 22.8. The first-order valence-electron chi connectivity index (χ1n) is 6.04. The minimum atomic E-state index is -0.0972. The zero-order chi connectivity index (χ0) is 12.5. The van der Waals surface area contributed by atoms with E-state index in [1.165, 1.54) is 0 Å². The summed E-state index contributed by atoms with van der Waals surface area (Å²) in [7, 11) is 0. The molecular formula is C13H14BrN3O. The van der Waals surface area contributed by atoms with E-state index >= 15 is 0 Å². The molecule has 94 valence electrons. The number of rotatable bonds is 3. The molecule has 0 amide bonds. The van der Waals surface area contributed by atoms with Gasteiger partial charge in [-0.15, -0.1) is 0 Å². The summed E-state index contributed by atoms with van der Waals surface area (Å²) in [5.41, 5.74) is 2.78. The second-order valence-electron chi connectivity index (χ2n) is 4.75. The Hall–Kier alpha value is -1.20. The number of hydrogen-bond donors (Lipinski definition) is 2. The smallest absolute Gasteiger partial charge is 0.112 e. The molecule has 18 heavy (non-hydrogen) atoms. The summed E-state index contributed by atoms with van der Waals surface area (Å²) in [5.74, 6) is 0.568. The number of aliphatic hydroxyl groups excluding tert-OH is 1. The van der Waals surface area contributed by atoms with Crippen molar-refractivity contribution < 1.29 is 5.11 Å². The van der Waals surface area contributed by atoms with Gasteiger partial charge in [0.1, 0.15) is 5.52 Å². The SMILES string of the molecule is OC1CC(CNc2ccnc3cc(Br)cnc23)C1. The lowest BCUT2D eigenvalue weighted by Gasteiger charge is -2.31. The summed E-state index contributed by atoms with van der Waals surface area (Å²) in [6.45, 7) is 0.883. The molecule has 0 unspecified atom stereocenters. The first-order valence-corrected chi connectivity index (χ1v) is 6.84. The molecule has 2 N–H and O–H groups in total. The van der Waals surface area contributed by atoms with E-state index in [4.69, 9.17) is 0 Å². The van der Waals surface area contributed by atoms with E-state index in [-0.39, 0.29) is 6.10 Å². The molecule has 1 saturated carbocycles. The monoisotopic (exact) mass is 307 g/mol. The number of aliphatic hydroxyl groups is 1. The lowest BCUT2D eigenvalue weighted by Crippen LogP contribution is -2.33. The zero-order valence-corrected chi connectivity index (χ0v) is 11.4. The molecule has 0 radical (unpaired) electrons. The van der Waals surface area contributed by atoms with Crippen LogP contribution in [0.2, 0.25) is 0 Å². The number of nitrogens with one attached hydrogen (secondary N) is 1. The molecule has 2 aromatic heterocycles. The van der Waals surface area contributed by atoms with Crippen LogP contribution >= 0.6 is 15.9 Å². The largest absolute Gasteiger partial charge is 0.393 e. The van der Waals surface area contributed by atoms with Crippen LogP contribution in [0.3, 0.4) is 0 Å². The Balaban J connectivity index is 1.79. The maximum atomic E-state index is 9.26. The van der Waals surface area contributed by atoms with Crippen molar-refractivity contribution in [3.63, 3.8) is 0 Å². The average molecular weight is 308 g/mol. The Morgan fingerprint density at radius 3 is 3.00 bits per heavy atom. The highest BCUT2D eigenvalue weighted by Crippen LogP contribution is 2.28. The van der Waals surface area contributed by atoms with Crippen LogP contribution in [0.4, 0.5) is 5.69 Å². The van der Waals surface area contributed by atoms with E-state index in [1.54, 1.807) is 12.4 Å². The van der Waals surface area contributed by atoms with Gasteiger partial charge in [-0.05, 0) is 46.8 Å². The maximum absolute atomic E-state index is 9.26. The van der Waals surface area contributed by atoms with Crippen LogP contribution in [-0.4, -0.2) is 27.7 Å². The Bertz CT molecular complexity index is 569. The highest BCUT2D eigenvalue weighted by molar-refractivity contribution is 9.10. The molecular weight excluding hydrogens is 294 g/mol. The third kappa shape index (κ3) is 2.33. The van der Waals surface area contributed by atoms with E-state index in [0.717, 1.165) is 40.6 Å². The topological polar surface area (TPSA) is 58.0 Å². The van der Waals surface area contributed by atoms with Crippen LogP contribution in [0.15, 0.2) is 29.0 Å². The maximum Gasteiger partial charge on any atom is 0.112 e. The lowest BCUT2D eigenvalue weighted by atomic mass is 9.82. The van der Waals surface area contributed by atoms with E-state index in [0.29, 0.717) is 5.92 Å². The Morgan fingerprint density at radius 1 is 1.39 bits per heavy atom. The molecule has 0 aliphatic heterocycles. The first-order chi connectivity index (χ1) is 8.72. The van der Waals surface area contributed by atoms with Crippen LogP contribution < -0.4 is 5.32 Å². The molecule has 0 atom stereocenters. The Morgan fingerprint density at radius 2 is 2.22 bits per heavy atom. The predicted octanol–water partition coefficient (Wildman–Crippen LogP) is 2.58. The molecule has 5 heteroatoms. The first kappa shape index (κ1) is 11.9. The molecule has 1 fully saturated rings. The number of pyridine rings is 2. The van der Waals surface area contributed by atoms with Gasteiger partial charge in [0.05, 0.1) is 17.3 Å². The standard InChI is InChI=1S/C13H14BrN3O/c14-9-5-12-13(17-7-9)11(1-2-15-12)16-6-8-3-10(18)4-8/h1-2,5,7-8,10,18H,3-4,6H2,(H,15,16). The van der Waals surface area contributed by atoms with Gasteiger partial charge < -0.3 is 10.4 Å². The minimum absolute atomic E-state index is 0.0972. The van der Waals surface area contributed by atoms with Gasteiger partial charge in [0, 0.05) is 23.4 Å². The predicted molar refractivity (Wildman–Crippen MR) is 74.5 cm³/mol. The van der Waals surface area contributed by atoms with Crippen LogP contribution in [0.25, 0.3) is 11.0 Å². The van der Waals surface area contributed by atoms with Gasteiger partial charge in [-0.25, -0.2) is 0 Å². The van der Waals surface area contributed by atoms with E-state index in [1.807, 2.05) is 12.1 Å². The number of nitrogens with zero attached hydrogens (tertiary/aromatic N) is 2.